The molecule has 0 saturated carbocycles. The van der Waals surface area contributed by atoms with Gasteiger partial charge in [0.25, 0.3) is 5.88 Å². The van der Waals surface area contributed by atoms with Gasteiger partial charge < -0.3 is 25.4 Å². The summed E-state index contributed by atoms with van der Waals surface area (Å²) >= 11 is 0. The predicted molar refractivity (Wildman–Crippen MR) is 69.5 cm³/mol. The van der Waals surface area contributed by atoms with E-state index in [9.17, 15) is 9.50 Å². The van der Waals surface area contributed by atoms with Crippen molar-refractivity contribution in [1.29, 1.82) is 0 Å². The average Bonchev–Trinajstić information content (AvgIpc) is 2.90. The molecule has 0 aromatic carbocycles. The number of aliphatic hydroxyl groups excluding tert-OH is 2. The number of anilines is 1. The Balaban J connectivity index is 2.44. The number of nitrogens with zero attached hydrogens (tertiary/aromatic N) is 4. The molecule has 9 nitrogen and oxygen atoms in total. The molecule has 21 heavy (non-hydrogen) atoms. The van der Waals surface area contributed by atoms with Gasteiger partial charge in [0.15, 0.2) is 6.17 Å². The lowest BCUT2D eigenvalue weighted by Gasteiger charge is -2.22. The van der Waals surface area contributed by atoms with Crippen LogP contribution in [0.4, 0.5) is 10.3 Å². The first-order valence-electron chi connectivity index (χ1n) is 6.04. The average molecular weight is 301 g/mol. The van der Waals surface area contributed by atoms with Gasteiger partial charge in [-0.05, 0) is 0 Å². The van der Waals surface area contributed by atoms with Gasteiger partial charge in [-0.2, -0.15) is 4.98 Å². The van der Waals surface area contributed by atoms with E-state index >= 15 is 0 Å². The first-order valence-corrected chi connectivity index (χ1v) is 6.04. The van der Waals surface area contributed by atoms with Crippen molar-refractivity contribution in [1.82, 2.24) is 19.6 Å². The van der Waals surface area contributed by atoms with Gasteiger partial charge in [0.1, 0.15) is 17.9 Å². The molecule has 10 heteroatoms. The number of nitrogen functional groups attached to an aromatic ring is 1. The Morgan fingerprint density at radius 1 is 1.48 bits per heavy atom. The first kappa shape index (κ1) is 15.4. The lowest BCUT2D eigenvalue weighted by Crippen LogP contribution is -2.35. The van der Waals surface area contributed by atoms with Gasteiger partial charge in [-0.3, -0.25) is 0 Å². The van der Waals surface area contributed by atoms with Crippen LogP contribution in [0.15, 0.2) is 6.20 Å². The molecule has 0 spiro atoms. The van der Waals surface area contributed by atoms with E-state index in [0.29, 0.717) is 0 Å². The van der Waals surface area contributed by atoms with E-state index in [0.717, 1.165) is 4.52 Å². The van der Waals surface area contributed by atoms with Crippen molar-refractivity contribution in [2.75, 3.05) is 26.6 Å². The Morgan fingerprint density at radius 3 is 2.76 bits per heavy atom. The van der Waals surface area contributed by atoms with E-state index in [2.05, 4.69) is 15.1 Å². The number of aromatic nitrogens is 4. The number of ether oxygens (including phenoxy) is 2. The van der Waals surface area contributed by atoms with Crippen LogP contribution in [0.1, 0.15) is 11.9 Å². The van der Waals surface area contributed by atoms with Gasteiger partial charge in [-0.1, -0.05) is 0 Å². The minimum atomic E-state index is -1.89. The molecule has 0 amide bonds. The molecule has 0 aliphatic rings. The Kier molecular flexibility index (Phi) is 4.50. The molecule has 2 heterocycles. The monoisotopic (exact) mass is 301 g/mol. The van der Waals surface area contributed by atoms with E-state index in [1.54, 1.807) is 0 Å². The summed E-state index contributed by atoms with van der Waals surface area (Å²) in [7, 11) is 2.62. The summed E-state index contributed by atoms with van der Waals surface area (Å²) in [6.07, 6.45) is -3.38. The lowest BCUT2D eigenvalue weighted by molar-refractivity contribution is -0.0741. The maximum absolute atomic E-state index is 14.4. The molecule has 2 aromatic heterocycles. The number of nitrogens with two attached hydrogens (primary N) is 1. The first-order chi connectivity index (χ1) is 10.0. The van der Waals surface area contributed by atoms with Crippen LogP contribution in [-0.2, 0) is 4.74 Å². The summed E-state index contributed by atoms with van der Waals surface area (Å²) in [6, 6.07) is 0. The van der Waals surface area contributed by atoms with Crippen LogP contribution in [0.3, 0.4) is 0 Å². The van der Waals surface area contributed by atoms with E-state index < -0.39 is 25.0 Å². The lowest BCUT2D eigenvalue weighted by atomic mass is 10.1. The maximum Gasteiger partial charge on any atom is 0.262 e. The molecular formula is C11H16FN5O4. The topological polar surface area (TPSA) is 128 Å². The number of alkyl halides is 1. The summed E-state index contributed by atoms with van der Waals surface area (Å²) in [6.45, 7) is -0.532. The summed E-state index contributed by atoms with van der Waals surface area (Å²) in [5.41, 5.74) is 5.62. The van der Waals surface area contributed by atoms with Crippen LogP contribution in [0, 0.1) is 0 Å². The Bertz CT molecular complexity index is 618. The van der Waals surface area contributed by atoms with Crippen molar-refractivity contribution < 1.29 is 24.1 Å². The highest BCUT2D eigenvalue weighted by Gasteiger charge is 2.32. The SMILES string of the molecule is COc1nc(N)nn2c([C@H](F)[C@H](O)C(CO)OC)cnc12. The summed E-state index contributed by atoms with van der Waals surface area (Å²) in [5.74, 6) is -0.0494. The number of imidazole rings is 1. The third-order valence-corrected chi connectivity index (χ3v) is 3.01. The normalized spacial score (nSPS) is 15.9. The highest BCUT2D eigenvalue weighted by molar-refractivity contribution is 5.51. The molecule has 0 aliphatic heterocycles. The van der Waals surface area contributed by atoms with E-state index in [1.807, 2.05) is 0 Å². The number of methoxy groups -OCH3 is 2. The number of halogens is 1. The quantitative estimate of drug-likeness (QED) is 0.626. The second kappa shape index (κ2) is 6.16. The third kappa shape index (κ3) is 2.73. The largest absolute Gasteiger partial charge is 0.478 e. The van der Waals surface area contributed by atoms with Crippen molar-refractivity contribution in [3.8, 4) is 5.88 Å². The minimum absolute atomic E-state index is 0.0552. The fourth-order valence-electron chi connectivity index (χ4n) is 1.90. The molecule has 0 aliphatic carbocycles. The second-order valence-corrected chi connectivity index (χ2v) is 4.25. The molecule has 0 bridgehead atoms. The molecule has 3 atom stereocenters. The van der Waals surface area contributed by atoms with Crippen LogP contribution in [0.25, 0.3) is 5.65 Å². The summed E-state index contributed by atoms with van der Waals surface area (Å²) in [4.78, 5) is 7.76. The van der Waals surface area contributed by atoms with Crippen molar-refractivity contribution in [2.24, 2.45) is 0 Å². The number of rotatable bonds is 6. The highest BCUT2D eigenvalue weighted by atomic mass is 19.1. The van der Waals surface area contributed by atoms with Crippen LogP contribution in [0.2, 0.25) is 0 Å². The molecule has 116 valence electrons. The molecule has 2 aromatic rings. The van der Waals surface area contributed by atoms with Crippen LogP contribution < -0.4 is 10.5 Å². The van der Waals surface area contributed by atoms with Crippen molar-refractivity contribution in [3.05, 3.63) is 11.9 Å². The van der Waals surface area contributed by atoms with Gasteiger partial charge in [-0.15, -0.1) is 5.10 Å². The Hall–Kier alpha value is -2.04. The standard InChI is InChI=1S/C11H16FN5O4/c1-20-6(4-18)8(19)7(12)5-3-14-9-10(21-2)15-11(13)16-17(5)9/h3,6-8,18-19H,4H2,1-2H3,(H2,13,16)/t6?,7-,8+/m0/s1. The number of hydrogen-bond donors (Lipinski definition) is 3. The van der Waals surface area contributed by atoms with Crippen molar-refractivity contribution >= 4 is 11.6 Å². The zero-order chi connectivity index (χ0) is 15.6. The molecule has 4 N–H and O–H groups in total. The molecular weight excluding hydrogens is 285 g/mol. The second-order valence-electron chi connectivity index (χ2n) is 4.25. The Labute approximate surface area is 119 Å². The third-order valence-electron chi connectivity index (χ3n) is 3.01. The summed E-state index contributed by atoms with van der Waals surface area (Å²) in [5, 5.41) is 22.8. The number of fused-ring (bicyclic) bond motifs is 1. The van der Waals surface area contributed by atoms with Gasteiger partial charge in [0.05, 0.1) is 19.9 Å². The molecule has 1 unspecified atom stereocenters. The smallest absolute Gasteiger partial charge is 0.262 e. The number of hydrogen-bond acceptors (Lipinski definition) is 8. The van der Waals surface area contributed by atoms with Crippen molar-refractivity contribution in [3.63, 3.8) is 0 Å². The van der Waals surface area contributed by atoms with Gasteiger partial charge in [0, 0.05) is 7.11 Å². The molecule has 0 radical (unpaired) electrons. The maximum atomic E-state index is 14.4. The fourth-order valence-corrected chi connectivity index (χ4v) is 1.90. The molecule has 0 saturated heterocycles. The zero-order valence-electron chi connectivity index (χ0n) is 11.5. The summed E-state index contributed by atoms with van der Waals surface area (Å²) < 4.78 is 25.3. The van der Waals surface area contributed by atoms with E-state index in [4.69, 9.17) is 20.3 Å². The van der Waals surface area contributed by atoms with E-state index in [-0.39, 0.29) is 23.2 Å². The fraction of sp³-hybridized carbons (Fsp3) is 0.545. The minimum Gasteiger partial charge on any atom is -0.478 e. The predicted octanol–water partition coefficient (Wildman–Crippen LogP) is -0.906. The van der Waals surface area contributed by atoms with E-state index in [1.165, 1.54) is 20.4 Å². The van der Waals surface area contributed by atoms with Crippen LogP contribution in [0.5, 0.6) is 5.88 Å². The zero-order valence-corrected chi connectivity index (χ0v) is 11.5. The van der Waals surface area contributed by atoms with Crippen molar-refractivity contribution in [2.45, 2.75) is 18.4 Å². The van der Waals surface area contributed by atoms with Gasteiger partial charge >= 0.3 is 0 Å². The van der Waals surface area contributed by atoms with Crippen LogP contribution in [-0.4, -0.2) is 62.8 Å². The number of aliphatic hydroxyl groups is 2. The van der Waals surface area contributed by atoms with Crippen LogP contribution >= 0.6 is 0 Å². The Morgan fingerprint density at radius 2 is 2.19 bits per heavy atom. The molecule has 0 fully saturated rings. The highest BCUT2D eigenvalue weighted by Crippen LogP contribution is 2.27. The van der Waals surface area contributed by atoms with Gasteiger partial charge in [-0.25, -0.2) is 13.9 Å². The molecule has 2 rings (SSSR count). The van der Waals surface area contributed by atoms with Gasteiger partial charge in [0.2, 0.25) is 11.6 Å².